The van der Waals surface area contributed by atoms with Crippen molar-refractivity contribution in [2.75, 3.05) is 25.1 Å². The molecule has 1 aromatic rings. The molecule has 0 bridgehead atoms. The largest absolute Gasteiger partial charge is 0.449 e. The Labute approximate surface area is 123 Å². The highest BCUT2D eigenvalue weighted by Crippen LogP contribution is 2.40. The van der Waals surface area contributed by atoms with E-state index in [0.717, 1.165) is 6.54 Å². The highest BCUT2D eigenvalue weighted by Gasteiger charge is 2.31. The van der Waals surface area contributed by atoms with Crippen LogP contribution in [0.5, 0.6) is 11.5 Å². The van der Waals surface area contributed by atoms with Crippen molar-refractivity contribution >= 4 is 11.6 Å². The number of fused-ring (bicyclic) bond motifs is 1. The van der Waals surface area contributed by atoms with Gasteiger partial charge in [-0.2, -0.15) is 0 Å². The third-order valence-electron chi connectivity index (χ3n) is 3.37. The fourth-order valence-electron chi connectivity index (χ4n) is 2.49. The van der Waals surface area contributed by atoms with Crippen LogP contribution in [-0.2, 0) is 9.53 Å². The van der Waals surface area contributed by atoms with E-state index >= 15 is 0 Å². The van der Waals surface area contributed by atoms with E-state index in [1.807, 2.05) is 26.0 Å². The quantitative estimate of drug-likeness (QED) is 0.884. The summed E-state index contributed by atoms with van der Waals surface area (Å²) in [6.45, 7) is 5.76. The van der Waals surface area contributed by atoms with E-state index in [4.69, 9.17) is 14.2 Å². The lowest BCUT2D eigenvalue weighted by molar-refractivity contribution is -0.117. The van der Waals surface area contributed by atoms with Gasteiger partial charge >= 0.3 is 0 Å². The van der Waals surface area contributed by atoms with Crippen LogP contribution in [0.3, 0.4) is 0 Å². The smallest absolute Gasteiger partial charge is 0.246 e. The Morgan fingerprint density at radius 1 is 1.38 bits per heavy atom. The van der Waals surface area contributed by atoms with Gasteiger partial charge < -0.3 is 24.8 Å². The summed E-state index contributed by atoms with van der Waals surface area (Å²) in [6.07, 6.45) is 0.389. The first-order valence-electron chi connectivity index (χ1n) is 7.15. The summed E-state index contributed by atoms with van der Waals surface area (Å²) in [6, 6.07) is 5.48. The molecule has 0 spiro atoms. The van der Waals surface area contributed by atoms with Crippen LogP contribution in [0, 0.1) is 0 Å². The third-order valence-corrected chi connectivity index (χ3v) is 3.37. The first kappa shape index (κ1) is 14.2. The van der Waals surface area contributed by atoms with Crippen molar-refractivity contribution in [3.05, 3.63) is 18.2 Å². The fraction of sp³-hybridized carbons (Fsp3) is 0.533. The summed E-state index contributed by atoms with van der Waals surface area (Å²) in [7, 11) is 0. The van der Waals surface area contributed by atoms with Gasteiger partial charge in [-0.25, -0.2) is 0 Å². The molecular weight excluding hydrogens is 272 g/mol. The number of ether oxygens (including phenoxy) is 3. The van der Waals surface area contributed by atoms with Gasteiger partial charge in [-0.1, -0.05) is 0 Å². The molecule has 0 aromatic heterocycles. The average molecular weight is 292 g/mol. The van der Waals surface area contributed by atoms with Crippen LogP contribution in [0.2, 0.25) is 0 Å². The third kappa shape index (κ3) is 3.46. The summed E-state index contributed by atoms with van der Waals surface area (Å²) in [4.78, 5) is 12.0. The topological polar surface area (TPSA) is 68.8 Å². The van der Waals surface area contributed by atoms with E-state index < -0.39 is 5.79 Å². The number of nitrogens with one attached hydrogen (secondary N) is 2. The van der Waals surface area contributed by atoms with Crippen LogP contribution in [0.1, 0.15) is 20.3 Å². The van der Waals surface area contributed by atoms with Gasteiger partial charge in [0, 0.05) is 44.6 Å². The Morgan fingerprint density at radius 3 is 2.95 bits per heavy atom. The summed E-state index contributed by atoms with van der Waals surface area (Å²) < 4.78 is 16.6. The van der Waals surface area contributed by atoms with Gasteiger partial charge in [-0.3, -0.25) is 4.79 Å². The first-order valence-corrected chi connectivity index (χ1v) is 7.15. The monoisotopic (exact) mass is 292 g/mol. The van der Waals surface area contributed by atoms with Crippen LogP contribution in [0.25, 0.3) is 0 Å². The molecule has 0 saturated carbocycles. The van der Waals surface area contributed by atoms with Crippen LogP contribution in [0.4, 0.5) is 5.69 Å². The maximum absolute atomic E-state index is 12.0. The Morgan fingerprint density at radius 2 is 2.19 bits per heavy atom. The minimum Gasteiger partial charge on any atom is -0.449 e. The van der Waals surface area contributed by atoms with Gasteiger partial charge in [-0.05, 0) is 12.1 Å². The second-order valence-corrected chi connectivity index (χ2v) is 5.74. The molecule has 3 rings (SSSR count). The van der Waals surface area contributed by atoms with Gasteiger partial charge in [0.15, 0.2) is 11.5 Å². The van der Waals surface area contributed by atoms with Crippen molar-refractivity contribution in [3.8, 4) is 11.5 Å². The van der Waals surface area contributed by atoms with E-state index in [1.54, 1.807) is 6.07 Å². The molecule has 1 amide bonds. The summed E-state index contributed by atoms with van der Waals surface area (Å²) in [5, 5.41) is 6.13. The van der Waals surface area contributed by atoms with Gasteiger partial charge in [0.2, 0.25) is 11.7 Å². The first-order chi connectivity index (χ1) is 10.0. The Bertz CT molecular complexity index is 538. The SMILES string of the molecule is CC1(C)Oc2ccc(NC(=O)CC3COCCN3)cc2O1. The number of hydrogen-bond donors (Lipinski definition) is 2. The normalized spacial score (nSPS) is 22.9. The van der Waals surface area contributed by atoms with Crippen LogP contribution in [-0.4, -0.2) is 37.5 Å². The zero-order valence-electron chi connectivity index (χ0n) is 12.3. The number of amides is 1. The number of hydrogen-bond acceptors (Lipinski definition) is 5. The second kappa shape index (κ2) is 5.54. The Hall–Kier alpha value is -1.79. The lowest BCUT2D eigenvalue weighted by atomic mass is 10.2. The highest BCUT2D eigenvalue weighted by atomic mass is 16.7. The molecular formula is C15H20N2O4. The molecule has 2 N–H and O–H groups in total. The summed E-state index contributed by atoms with van der Waals surface area (Å²) >= 11 is 0. The van der Waals surface area contributed by atoms with Gasteiger partial charge in [-0.15, -0.1) is 0 Å². The molecule has 2 heterocycles. The molecule has 0 radical (unpaired) electrons. The second-order valence-electron chi connectivity index (χ2n) is 5.74. The van der Waals surface area contributed by atoms with Crippen molar-refractivity contribution in [2.24, 2.45) is 0 Å². The number of morpholine rings is 1. The molecule has 6 nitrogen and oxygen atoms in total. The molecule has 1 unspecified atom stereocenters. The minimum absolute atomic E-state index is 0.0453. The number of carbonyl (C=O) groups excluding carboxylic acids is 1. The molecule has 1 aromatic carbocycles. The molecule has 2 aliphatic rings. The van der Waals surface area contributed by atoms with E-state index in [1.165, 1.54) is 0 Å². The number of anilines is 1. The zero-order chi connectivity index (χ0) is 14.9. The van der Waals surface area contributed by atoms with Gasteiger partial charge in [0.1, 0.15) is 0 Å². The zero-order valence-corrected chi connectivity index (χ0v) is 12.3. The number of rotatable bonds is 3. The van der Waals surface area contributed by atoms with E-state index in [-0.39, 0.29) is 11.9 Å². The van der Waals surface area contributed by atoms with Crippen LogP contribution < -0.4 is 20.1 Å². The standard InChI is InChI=1S/C15H20N2O4/c1-15(2)20-12-4-3-10(7-13(12)21-15)17-14(18)8-11-9-19-6-5-16-11/h3-4,7,11,16H,5-6,8-9H2,1-2H3,(H,17,18). The Kier molecular flexibility index (Phi) is 3.73. The Balaban J connectivity index is 1.59. The van der Waals surface area contributed by atoms with E-state index in [2.05, 4.69) is 10.6 Å². The van der Waals surface area contributed by atoms with E-state index in [9.17, 15) is 4.79 Å². The fourth-order valence-corrected chi connectivity index (χ4v) is 2.49. The summed E-state index contributed by atoms with van der Waals surface area (Å²) in [5.41, 5.74) is 0.705. The lowest BCUT2D eigenvalue weighted by Gasteiger charge is -2.23. The molecule has 114 valence electrons. The minimum atomic E-state index is -0.658. The average Bonchev–Trinajstić information content (AvgIpc) is 2.73. The molecule has 2 aliphatic heterocycles. The van der Waals surface area contributed by atoms with Crippen LogP contribution >= 0.6 is 0 Å². The lowest BCUT2D eigenvalue weighted by Crippen LogP contribution is -2.43. The van der Waals surface area contributed by atoms with Crippen molar-refractivity contribution in [2.45, 2.75) is 32.1 Å². The maximum atomic E-state index is 12.0. The van der Waals surface area contributed by atoms with E-state index in [0.29, 0.717) is 36.8 Å². The predicted octanol–water partition coefficient (Wildman–Crippen LogP) is 1.51. The predicted molar refractivity (Wildman–Crippen MR) is 77.6 cm³/mol. The van der Waals surface area contributed by atoms with Crippen LogP contribution in [0.15, 0.2) is 18.2 Å². The molecule has 1 atom stereocenters. The molecule has 6 heteroatoms. The number of carbonyl (C=O) groups is 1. The summed E-state index contributed by atoms with van der Waals surface area (Å²) in [5.74, 6) is 0.641. The molecule has 0 aliphatic carbocycles. The maximum Gasteiger partial charge on any atom is 0.246 e. The van der Waals surface area contributed by atoms with Crippen molar-refractivity contribution < 1.29 is 19.0 Å². The van der Waals surface area contributed by atoms with Crippen molar-refractivity contribution in [3.63, 3.8) is 0 Å². The molecule has 1 fully saturated rings. The van der Waals surface area contributed by atoms with Crippen molar-refractivity contribution in [1.29, 1.82) is 0 Å². The number of benzene rings is 1. The highest BCUT2D eigenvalue weighted by molar-refractivity contribution is 5.91. The molecule has 21 heavy (non-hydrogen) atoms. The van der Waals surface area contributed by atoms with Crippen molar-refractivity contribution in [1.82, 2.24) is 5.32 Å². The van der Waals surface area contributed by atoms with Gasteiger partial charge in [0.05, 0.1) is 13.2 Å². The van der Waals surface area contributed by atoms with Gasteiger partial charge in [0.25, 0.3) is 0 Å². The molecule has 1 saturated heterocycles.